The molecule has 0 spiro atoms. The molecule has 1 aliphatic carbocycles. The van der Waals surface area contributed by atoms with Crippen molar-refractivity contribution in [3.63, 3.8) is 0 Å². The fourth-order valence-electron chi connectivity index (χ4n) is 1.48. The summed E-state index contributed by atoms with van der Waals surface area (Å²) >= 11 is 0. The number of hydrogen-bond donors (Lipinski definition) is 1. The average molecular weight is 125 g/mol. The Labute approximate surface area is 56.9 Å². The number of hydrogen-bond acceptors (Lipinski definition) is 1. The van der Waals surface area contributed by atoms with Crippen LogP contribution in [0.3, 0.4) is 0 Å². The van der Waals surface area contributed by atoms with Gasteiger partial charge in [-0.25, -0.2) is 0 Å². The lowest BCUT2D eigenvalue weighted by Gasteiger charge is -2.25. The Bertz CT molecular complexity index is 98.7. The van der Waals surface area contributed by atoms with Crippen LogP contribution in [-0.4, -0.2) is 6.04 Å². The summed E-state index contributed by atoms with van der Waals surface area (Å²) in [6, 6.07) is 0.399. The third-order valence-electron chi connectivity index (χ3n) is 2.18. The summed E-state index contributed by atoms with van der Waals surface area (Å²) in [5, 5.41) is 0. The first-order chi connectivity index (χ1) is 4.34. The van der Waals surface area contributed by atoms with Crippen molar-refractivity contribution in [1.82, 2.24) is 0 Å². The molecule has 2 atom stereocenters. The first-order valence-electron chi connectivity index (χ1n) is 3.72. The highest BCUT2D eigenvalue weighted by molar-refractivity contribution is 4.89. The molecule has 1 aliphatic rings. The molecular weight excluding hydrogens is 110 g/mol. The lowest BCUT2D eigenvalue weighted by molar-refractivity contribution is 0.362. The molecular formula is C8H15N. The van der Waals surface area contributed by atoms with Gasteiger partial charge in [0.15, 0.2) is 0 Å². The van der Waals surface area contributed by atoms with E-state index in [2.05, 4.69) is 6.58 Å². The number of rotatable bonds is 1. The Morgan fingerprint density at radius 1 is 1.33 bits per heavy atom. The quantitative estimate of drug-likeness (QED) is 0.530. The summed E-state index contributed by atoms with van der Waals surface area (Å²) < 4.78 is 0. The van der Waals surface area contributed by atoms with Crippen molar-refractivity contribution >= 4 is 0 Å². The second kappa shape index (κ2) is 3.02. The molecule has 1 rings (SSSR count). The summed E-state index contributed by atoms with van der Waals surface area (Å²) in [6.07, 6.45) is 7.10. The molecule has 1 heteroatoms. The molecule has 0 heterocycles. The van der Waals surface area contributed by atoms with Gasteiger partial charge in [0.05, 0.1) is 0 Å². The van der Waals surface area contributed by atoms with Gasteiger partial charge in [-0.15, -0.1) is 6.58 Å². The van der Waals surface area contributed by atoms with E-state index in [0.29, 0.717) is 12.0 Å². The van der Waals surface area contributed by atoms with Crippen LogP contribution in [0.2, 0.25) is 0 Å². The number of nitrogens with two attached hydrogens (primary N) is 1. The minimum Gasteiger partial charge on any atom is -0.327 e. The second-order valence-electron chi connectivity index (χ2n) is 2.85. The van der Waals surface area contributed by atoms with Crippen molar-refractivity contribution in [3.8, 4) is 0 Å². The van der Waals surface area contributed by atoms with Crippen molar-refractivity contribution in [2.45, 2.75) is 31.7 Å². The summed E-state index contributed by atoms with van der Waals surface area (Å²) in [7, 11) is 0. The van der Waals surface area contributed by atoms with Gasteiger partial charge in [-0.3, -0.25) is 0 Å². The van der Waals surface area contributed by atoms with Crippen LogP contribution >= 0.6 is 0 Å². The van der Waals surface area contributed by atoms with E-state index in [1.165, 1.54) is 25.7 Å². The molecule has 0 bridgehead atoms. The van der Waals surface area contributed by atoms with Gasteiger partial charge in [-0.1, -0.05) is 18.9 Å². The van der Waals surface area contributed by atoms with Crippen LogP contribution in [0.25, 0.3) is 0 Å². The van der Waals surface area contributed by atoms with Gasteiger partial charge in [0.1, 0.15) is 0 Å². The van der Waals surface area contributed by atoms with Crippen LogP contribution in [-0.2, 0) is 0 Å². The molecule has 0 aromatic heterocycles. The zero-order valence-corrected chi connectivity index (χ0v) is 5.84. The summed E-state index contributed by atoms with van der Waals surface area (Å²) in [5.74, 6) is 0.596. The van der Waals surface area contributed by atoms with E-state index in [4.69, 9.17) is 5.73 Å². The highest BCUT2D eigenvalue weighted by atomic mass is 14.6. The molecule has 2 N–H and O–H groups in total. The monoisotopic (exact) mass is 125 g/mol. The fraction of sp³-hybridized carbons (Fsp3) is 0.750. The van der Waals surface area contributed by atoms with Gasteiger partial charge in [0, 0.05) is 6.04 Å². The van der Waals surface area contributed by atoms with Crippen LogP contribution in [0.4, 0.5) is 0 Å². The molecule has 0 amide bonds. The fourth-order valence-corrected chi connectivity index (χ4v) is 1.48. The molecule has 0 saturated heterocycles. The molecule has 0 aromatic rings. The van der Waals surface area contributed by atoms with Crippen LogP contribution < -0.4 is 5.73 Å². The van der Waals surface area contributed by atoms with Gasteiger partial charge in [0.2, 0.25) is 0 Å². The molecule has 0 aliphatic heterocycles. The minimum absolute atomic E-state index is 0.399. The molecule has 0 aromatic carbocycles. The SMILES string of the molecule is C=C[C@H]1CCCCC1N. The Kier molecular flexibility index (Phi) is 2.29. The third-order valence-corrected chi connectivity index (χ3v) is 2.18. The molecule has 1 saturated carbocycles. The van der Waals surface area contributed by atoms with E-state index >= 15 is 0 Å². The van der Waals surface area contributed by atoms with Crippen LogP contribution in [0.5, 0.6) is 0 Å². The molecule has 0 radical (unpaired) electrons. The van der Waals surface area contributed by atoms with Gasteiger partial charge in [-0.05, 0) is 18.8 Å². The van der Waals surface area contributed by atoms with Crippen molar-refractivity contribution in [2.75, 3.05) is 0 Å². The third kappa shape index (κ3) is 1.55. The van der Waals surface area contributed by atoms with Gasteiger partial charge >= 0.3 is 0 Å². The predicted octanol–water partition coefficient (Wildman–Crippen LogP) is 1.69. The van der Waals surface area contributed by atoms with Crippen molar-refractivity contribution in [1.29, 1.82) is 0 Å². The first-order valence-corrected chi connectivity index (χ1v) is 3.72. The lowest BCUT2D eigenvalue weighted by atomic mass is 9.85. The van der Waals surface area contributed by atoms with Gasteiger partial charge in [0.25, 0.3) is 0 Å². The molecule has 52 valence electrons. The van der Waals surface area contributed by atoms with E-state index in [9.17, 15) is 0 Å². The Balaban J connectivity index is 2.38. The molecule has 1 nitrogen and oxygen atoms in total. The van der Waals surface area contributed by atoms with E-state index in [0.717, 1.165) is 0 Å². The highest BCUT2D eigenvalue weighted by Gasteiger charge is 2.17. The molecule has 1 fully saturated rings. The first kappa shape index (κ1) is 6.81. The van der Waals surface area contributed by atoms with Crippen molar-refractivity contribution in [3.05, 3.63) is 12.7 Å². The normalized spacial score (nSPS) is 36.1. The summed E-state index contributed by atoms with van der Waals surface area (Å²) in [6.45, 7) is 3.75. The zero-order valence-electron chi connectivity index (χ0n) is 5.84. The van der Waals surface area contributed by atoms with Gasteiger partial charge < -0.3 is 5.73 Å². The summed E-state index contributed by atoms with van der Waals surface area (Å²) in [5.41, 5.74) is 5.82. The van der Waals surface area contributed by atoms with E-state index in [-0.39, 0.29) is 0 Å². The van der Waals surface area contributed by atoms with Crippen LogP contribution in [0.1, 0.15) is 25.7 Å². The maximum Gasteiger partial charge on any atom is 0.0102 e. The Morgan fingerprint density at radius 2 is 2.00 bits per heavy atom. The zero-order chi connectivity index (χ0) is 6.69. The highest BCUT2D eigenvalue weighted by Crippen LogP contribution is 2.22. The Hall–Kier alpha value is -0.300. The van der Waals surface area contributed by atoms with Crippen molar-refractivity contribution in [2.24, 2.45) is 11.7 Å². The van der Waals surface area contributed by atoms with Crippen LogP contribution in [0, 0.1) is 5.92 Å². The maximum absolute atomic E-state index is 5.82. The largest absolute Gasteiger partial charge is 0.327 e. The topological polar surface area (TPSA) is 26.0 Å². The lowest BCUT2D eigenvalue weighted by Crippen LogP contribution is -2.31. The smallest absolute Gasteiger partial charge is 0.0102 e. The summed E-state index contributed by atoms with van der Waals surface area (Å²) in [4.78, 5) is 0. The van der Waals surface area contributed by atoms with Crippen LogP contribution in [0.15, 0.2) is 12.7 Å². The maximum atomic E-state index is 5.82. The van der Waals surface area contributed by atoms with E-state index < -0.39 is 0 Å². The average Bonchev–Trinajstić information content (AvgIpc) is 1.89. The standard InChI is InChI=1S/C8H15N/c1-2-7-5-3-4-6-8(7)9/h2,7-8H,1,3-6,9H2/t7-,8?/m0/s1. The Morgan fingerprint density at radius 3 is 2.44 bits per heavy atom. The second-order valence-corrected chi connectivity index (χ2v) is 2.85. The van der Waals surface area contributed by atoms with E-state index in [1.54, 1.807) is 0 Å². The van der Waals surface area contributed by atoms with Gasteiger partial charge in [-0.2, -0.15) is 0 Å². The minimum atomic E-state index is 0.399. The molecule has 9 heavy (non-hydrogen) atoms. The molecule has 1 unspecified atom stereocenters. The van der Waals surface area contributed by atoms with E-state index in [1.807, 2.05) is 6.08 Å². The predicted molar refractivity (Wildman–Crippen MR) is 40.1 cm³/mol. The van der Waals surface area contributed by atoms with Crippen molar-refractivity contribution < 1.29 is 0 Å².